The van der Waals surface area contributed by atoms with Crippen molar-refractivity contribution in [1.29, 1.82) is 0 Å². The van der Waals surface area contributed by atoms with Crippen LogP contribution in [0.15, 0.2) is 0 Å². The Hall–Kier alpha value is -0.520. The van der Waals surface area contributed by atoms with Gasteiger partial charge in [0.1, 0.15) is 11.7 Å². The number of ether oxygens (including phenoxy) is 1. The van der Waals surface area contributed by atoms with Crippen LogP contribution < -0.4 is 0 Å². The lowest BCUT2D eigenvalue weighted by Gasteiger charge is -2.62. The summed E-state index contributed by atoms with van der Waals surface area (Å²) in [5.41, 5.74) is 0.202. The number of hydrogen-bond donors (Lipinski definition) is 1. The maximum absolute atomic E-state index is 11.2. The van der Waals surface area contributed by atoms with E-state index in [2.05, 4.69) is 19.8 Å². The van der Waals surface area contributed by atoms with Crippen LogP contribution in [0.25, 0.3) is 0 Å². The van der Waals surface area contributed by atoms with Crippen LogP contribution in [-0.2, 0) is 4.74 Å². The Bertz CT molecular complexity index is 565. The smallest absolute Gasteiger partial charge is 0.146 e. The maximum Gasteiger partial charge on any atom is 0.146 e. The van der Waals surface area contributed by atoms with Gasteiger partial charge in [0.25, 0.3) is 0 Å². The SMILES string of the molecule is C#CC(OC)[C@@]1(O)CC[C@@]2(C)[C@@H](CC[C@H]3[C@@H]4CCC[C@@]4(C)CC[C@@H]32)C1. The highest BCUT2D eigenvalue weighted by molar-refractivity contribution is 5.14. The first-order valence-corrected chi connectivity index (χ1v) is 10.6. The zero-order valence-corrected chi connectivity index (χ0v) is 16.4. The van der Waals surface area contributed by atoms with Gasteiger partial charge >= 0.3 is 0 Å². The van der Waals surface area contributed by atoms with E-state index in [0.29, 0.717) is 16.7 Å². The van der Waals surface area contributed by atoms with Crippen molar-refractivity contribution < 1.29 is 9.84 Å². The first-order chi connectivity index (χ1) is 11.9. The van der Waals surface area contributed by atoms with Crippen molar-refractivity contribution in [1.82, 2.24) is 0 Å². The molecule has 0 aromatic rings. The summed E-state index contributed by atoms with van der Waals surface area (Å²) in [6.45, 7) is 5.12. The highest BCUT2D eigenvalue weighted by atomic mass is 16.5. The van der Waals surface area contributed by atoms with Crippen molar-refractivity contribution in [3.63, 3.8) is 0 Å². The molecule has 0 radical (unpaired) electrons. The third kappa shape index (κ3) is 2.53. The Morgan fingerprint density at radius 1 is 1.04 bits per heavy atom. The number of aliphatic hydroxyl groups is 1. The quantitative estimate of drug-likeness (QED) is 0.729. The first-order valence-electron chi connectivity index (χ1n) is 10.6. The predicted molar refractivity (Wildman–Crippen MR) is 101 cm³/mol. The van der Waals surface area contributed by atoms with Gasteiger partial charge in [0.05, 0.1) is 0 Å². The van der Waals surface area contributed by atoms with E-state index in [1.807, 2.05) is 0 Å². The summed E-state index contributed by atoms with van der Waals surface area (Å²) in [5, 5.41) is 11.2. The summed E-state index contributed by atoms with van der Waals surface area (Å²) in [6.07, 6.45) is 17.8. The Morgan fingerprint density at radius 3 is 2.56 bits per heavy atom. The van der Waals surface area contributed by atoms with Gasteiger partial charge in [0.15, 0.2) is 0 Å². The fourth-order valence-corrected chi connectivity index (χ4v) is 7.95. The van der Waals surface area contributed by atoms with Gasteiger partial charge in [-0.3, -0.25) is 0 Å². The molecule has 4 aliphatic rings. The van der Waals surface area contributed by atoms with Crippen molar-refractivity contribution in [2.24, 2.45) is 34.5 Å². The van der Waals surface area contributed by atoms with Crippen LogP contribution in [0.4, 0.5) is 0 Å². The van der Waals surface area contributed by atoms with E-state index < -0.39 is 11.7 Å². The third-order valence-corrected chi connectivity index (χ3v) is 9.42. The van der Waals surface area contributed by atoms with E-state index >= 15 is 0 Å². The van der Waals surface area contributed by atoms with Crippen LogP contribution in [0.2, 0.25) is 0 Å². The molecular formula is C23H36O2. The highest BCUT2D eigenvalue weighted by Crippen LogP contribution is 2.67. The van der Waals surface area contributed by atoms with Crippen LogP contribution in [0.1, 0.15) is 78.1 Å². The monoisotopic (exact) mass is 344 g/mol. The molecule has 0 saturated heterocycles. The van der Waals surface area contributed by atoms with Gasteiger partial charge in [-0.15, -0.1) is 6.42 Å². The molecule has 25 heavy (non-hydrogen) atoms. The summed E-state index contributed by atoms with van der Waals surface area (Å²) < 4.78 is 5.45. The molecule has 0 spiro atoms. The molecule has 2 nitrogen and oxygen atoms in total. The topological polar surface area (TPSA) is 29.5 Å². The van der Waals surface area contributed by atoms with Crippen LogP contribution in [0, 0.1) is 46.8 Å². The van der Waals surface area contributed by atoms with Crippen molar-refractivity contribution in [2.75, 3.05) is 7.11 Å². The van der Waals surface area contributed by atoms with Gasteiger partial charge in [-0.1, -0.05) is 26.2 Å². The number of hydrogen-bond acceptors (Lipinski definition) is 2. The summed E-state index contributed by atoms with van der Waals surface area (Å²) in [4.78, 5) is 0. The van der Waals surface area contributed by atoms with E-state index in [1.165, 1.54) is 44.9 Å². The molecule has 0 amide bonds. The van der Waals surface area contributed by atoms with E-state index in [9.17, 15) is 5.11 Å². The summed E-state index contributed by atoms with van der Waals surface area (Å²) >= 11 is 0. The molecule has 4 aliphatic carbocycles. The summed E-state index contributed by atoms with van der Waals surface area (Å²) in [6, 6.07) is 0. The molecular weight excluding hydrogens is 308 g/mol. The predicted octanol–water partition coefficient (Wildman–Crippen LogP) is 4.80. The largest absolute Gasteiger partial charge is 0.386 e. The minimum Gasteiger partial charge on any atom is -0.386 e. The van der Waals surface area contributed by atoms with Crippen LogP contribution in [0.5, 0.6) is 0 Å². The zero-order chi connectivity index (χ0) is 17.9. The summed E-state index contributed by atoms with van der Waals surface area (Å²) in [7, 11) is 1.63. The van der Waals surface area contributed by atoms with Crippen LogP contribution >= 0.6 is 0 Å². The molecule has 8 atom stereocenters. The van der Waals surface area contributed by atoms with E-state index in [1.54, 1.807) is 7.11 Å². The van der Waals surface area contributed by atoms with Gasteiger partial charge in [-0.05, 0) is 92.3 Å². The van der Waals surface area contributed by atoms with Crippen molar-refractivity contribution in [3.8, 4) is 12.3 Å². The molecule has 1 unspecified atom stereocenters. The lowest BCUT2D eigenvalue weighted by atomic mass is 9.44. The van der Waals surface area contributed by atoms with Crippen molar-refractivity contribution in [3.05, 3.63) is 0 Å². The molecule has 4 rings (SSSR count). The Labute approximate surface area is 154 Å². The minimum absolute atomic E-state index is 0.395. The lowest BCUT2D eigenvalue weighted by Crippen LogP contribution is -2.57. The average Bonchev–Trinajstić information content (AvgIpc) is 2.98. The minimum atomic E-state index is -0.822. The second-order valence-electron chi connectivity index (χ2n) is 10.3. The number of methoxy groups -OCH3 is 1. The van der Waals surface area contributed by atoms with Crippen LogP contribution in [0.3, 0.4) is 0 Å². The number of terminal acetylenes is 1. The zero-order valence-electron chi connectivity index (χ0n) is 16.4. The molecule has 2 heteroatoms. The Kier molecular flexibility index (Phi) is 4.29. The van der Waals surface area contributed by atoms with Crippen LogP contribution in [-0.4, -0.2) is 23.9 Å². The number of rotatable bonds is 2. The number of fused-ring (bicyclic) bond motifs is 5. The molecule has 4 fully saturated rings. The fraction of sp³-hybridized carbons (Fsp3) is 0.913. The average molecular weight is 345 g/mol. The maximum atomic E-state index is 11.2. The van der Waals surface area contributed by atoms with Gasteiger partial charge in [-0.25, -0.2) is 0 Å². The molecule has 140 valence electrons. The molecule has 1 N–H and O–H groups in total. The fourth-order valence-electron chi connectivity index (χ4n) is 7.95. The molecule has 0 aromatic heterocycles. The molecule has 0 heterocycles. The molecule has 0 bridgehead atoms. The third-order valence-electron chi connectivity index (χ3n) is 9.42. The van der Waals surface area contributed by atoms with Gasteiger partial charge in [0, 0.05) is 7.11 Å². The van der Waals surface area contributed by atoms with Crippen molar-refractivity contribution in [2.45, 2.75) is 89.8 Å². The van der Waals surface area contributed by atoms with E-state index in [4.69, 9.17) is 11.2 Å². The normalized spacial score (nSPS) is 53.2. The summed E-state index contributed by atoms with van der Waals surface area (Å²) in [5.74, 6) is 6.04. The van der Waals surface area contributed by atoms with Gasteiger partial charge in [-0.2, -0.15) is 0 Å². The second-order valence-corrected chi connectivity index (χ2v) is 10.3. The van der Waals surface area contributed by atoms with E-state index in [0.717, 1.165) is 37.0 Å². The highest BCUT2D eigenvalue weighted by Gasteiger charge is 2.60. The lowest BCUT2D eigenvalue weighted by molar-refractivity contribution is -0.171. The van der Waals surface area contributed by atoms with Gasteiger partial charge < -0.3 is 9.84 Å². The standard InChI is InChI=1S/C23H36O2/c1-5-20(25-4)23(24)14-13-22(3)16(15-23)8-9-17-18-7-6-11-21(18,2)12-10-19(17)22/h1,16-20,24H,6-15H2,2-4H3/t16-,17-,18-,19-,20?,21-,22-,23+/m0/s1. The Balaban J connectivity index is 1.57. The molecule has 0 aliphatic heterocycles. The Morgan fingerprint density at radius 2 is 1.84 bits per heavy atom. The van der Waals surface area contributed by atoms with Gasteiger partial charge in [0.2, 0.25) is 0 Å². The first kappa shape index (κ1) is 17.9. The molecule has 4 saturated carbocycles. The van der Waals surface area contributed by atoms with E-state index in [-0.39, 0.29) is 0 Å². The second kappa shape index (κ2) is 6.00. The molecule has 0 aromatic carbocycles. The van der Waals surface area contributed by atoms with Crippen molar-refractivity contribution >= 4 is 0 Å².